The SMILES string of the molecule is COCc1nn(-c2ncccn2)c(Cl)c1[N+](=O)[O-]. The minimum Gasteiger partial charge on any atom is -0.378 e. The molecule has 9 heteroatoms. The Bertz CT molecular complexity index is 571. The number of nitrogens with zero attached hydrogens (tertiary/aromatic N) is 5. The molecule has 2 rings (SSSR count). The molecule has 0 aliphatic heterocycles. The number of methoxy groups -OCH3 is 1. The van der Waals surface area contributed by atoms with Crippen molar-refractivity contribution in [2.24, 2.45) is 0 Å². The van der Waals surface area contributed by atoms with Crippen molar-refractivity contribution in [3.63, 3.8) is 0 Å². The molecular weight excluding hydrogens is 262 g/mol. The van der Waals surface area contributed by atoms with Gasteiger partial charge in [0.25, 0.3) is 5.95 Å². The lowest BCUT2D eigenvalue weighted by molar-refractivity contribution is -0.385. The van der Waals surface area contributed by atoms with Crippen LogP contribution in [0.2, 0.25) is 5.15 Å². The molecule has 0 spiro atoms. The summed E-state index contributed by atoms with van der Waals surface area (Å²) in [7, 11) is 1.41. The van der Waals surface area contributed by atoms with E-state index in [1.54, 1.807) is 6.07 Å². The number of hydrogen-bond acceptors (Lipinski definition) is 6. The molecule has 8 nitrogen and oxygen atoms in total. The van der Waals surface area contributed by atoms with Gasteiger partial charge in [-0.1, -0.05) is 11.6 Å². The first-order valence-electron chi connectivity index (χ1n) is 4.83. The molecule has 94 valence electrons. The van der Waals surface area contributed by atoms with Gasteiger partial charge in [-0.05, 0) is 6.07 Å². The first kappa shape index (κ1) is 12.4. The number of aromatic nitrogens is 4. The van der Waals surface area contributed by atoms with Crippen molar-refractivity contribution in [2.45, 2.75) is 6.61 Å². The molecular formula is C9H8ClN5O3. The second-order valence-corrected chi connectivity index (χ2v) is 3.59. The Kier molecular flexibility index (Phi) is 3.49. The van der Waals surface area contributed by atoms with Crippen LogP contribution >= 0.6 is 11.6 Å². The van der Waals surface area contributed by atoms with E-state index in [-0.39, 0.29) is 29.1 Å². The molecule has 2 aromatic rings. The van der Waals surface area contributed by atoms with Crippen molar-refractivity contribution in [3.05, 3.63) is 39.4 Å². The van der Waals surface area contributed by atoms with Crippen LogP contribution in [0.5, 0.6) is 0 Å². The van der Waals surface area contributed by atoms with Gasteiger partial charge >= 0.3 is 5.69 Å². The average molecular weight is 270 g/mol. The molecule has 0 N–H and O–H groups in total. The van der Waals surface area contributed by atoms with Crippen LogP contribution in [-0.2, 0) is 11.3 Å². The molecule has 0 saturated heterocycles. The minimum absolute atomic E-state index is 0.0180. The maximum atomic E-state index is 10.9. The van der Waals surface area contributed by atoms with Crippen molar-refractivity contribution < 1.29 is 9.66 Å². The Morgan fingerprint density at radius 2 is 2.17 bits per heavy atom. The first-order chi connectivity index (χ1) is 8.65. The fourth-order valence-corrected chi connectivity index (χ4v) is 1.67. The third kappa shape index (κ3) is 2.15. The Morgan fingerprint density at radius 1 is 1.50 bits per heavy atom. The Morgan fingerprint density at radius 3 is 2.72 bits per heavy atom. The zero-order valence-corrected chi connectivity index (χ0v) is 10.0. The van der Waals surface area contributed by atoms with E-state index >= 15 is 0 Å². The lowest BCUT2D eigenvalue weighted by atomic mass is 10.4. The second-order valence-electron chi connectivity index (χ2n) is 3.24. The van der Waals surface area contributed by atoms with Gasteiger partial charge in [0.05, 0.1) is 11.5 Å². The number of ether oxygens (including phenoxy) is 1. The van der Waals surface area contributed by atoms with Crippen LogP contribution in [0.15, 0.2) is 18.5 Å². The highest BCUT2D eigenvalue weighted by atomic mass is 35.5. The standard InChI is InChI=1S/C9H8ClN5O3/c1-18-5-6-7(15(16)17)8(10)14(13-6)9-11-3-2-4-12-9/h2-4H,5H2,1H3. The van der Waals surface area contributed by atoms with E-state index in [0.29, 0.717) is 0 Å². The van der Waals surface area contributed by atoms with E-state index in [9.17, 15) is 10.1 Å². The molecule has 2 aromatic heterocycles. The van der Waals surface area contributed by atoms with Gasteiger partial charge in [-0.2, -0.15) is 9.78 Å². The van der Waals surface area contributed by atoms with E-state index in [0.717, 1.165) is 4.68 Å². The molecule has 0 unspecified atom stereocenters. The van der Waals surface area contributed by atoms with Gasteiger partial charge in [-0.3, -0.25) is 10.1 Å². The Labute approximate surface area is 106 Å². The maximum absolute atomic E-state index is 10.9. The fraction of sp³-hybridized carbons (Fsp3) is 0.222. The molecule has 0 aliphatic carbocycles. The maximum Gasteiger partial charge on any atom is 0.332 e. The van der Waals surface area contributed by atoms with Crippen LogP contribution < -0.4 is 0 Å². The Hall–Kier alpha value is -2.06. The largest absolute Gasteiger partial charge is 0.378 e. The topological polar surface area (TPSA) is 96.0 Å². The van der Waals surface area contributed by atoms with Crippen LogP contribution in [0.25, 0.3) is 5.95 Å². The molecule has 0 aliphatic rings. The van der Waals surface area contributed by atoms with Gasteiger partial charge in [-0.15, -0.1) is 0 Å². The van der Waals surface area contributed by atoms with Crippen LogP contribution in [-0.4, -0.2) is 31.8 Å². The van der Waals surface area contributed by atoms with Gasteiger partial charge in [0.1, 0.15) is 0 Å². The smallest absolute Gasteiger partial charge is 0.332 e. The van der Waals surface area contributed by atoms with Gasteiger partial charge in [0, 0.05) is 19.5 Å². The first-order valence-corrected chi connectivity index (χ1v) is 5.21. The van der Waals surface area contributed by atoms with Crippen LogP contribution in [0.4, 0.5) is 5.69 Å². The number of hydrogen-bond donors (Lipinski definition) is 0. The molecule has 0 saturated carbocycles. The van der Waals surface area contributed by atoms with E-state index in [1.807, 2.05) is 0 Å². The zero-order chi connectivity index (χ0) is 13.1. The highest BCUT2D eigenvalue weighted by Crippen LogP contribution is 2.29. The normalized spacial score (nSPS) is 10.6. The predicted octanol–water partition coefficient (Wildman–Crippen LogP) is 1.37. The van der Waals surface area contributed by atoms with Crippen LogP contribution in [0, 0.1) is 10.1 Å². The second kappa shape index (κ2) is 5.07. The molecule has 0 bridgehead atoms. The molecule has 0 aromatic carbocycles. The molecule has 18 heavy (non-hydrogen) atoms. The summed E-state index contributed by atoms with van der Waals surface area (Å²) in [6, 6.07) is 1.62. The third-order valence-electron chi connectivity index (χ3n) is 2.08. The zero-order valence-electron chi connectivity index (χ0n) is 9.28. The predicted molar refractivity (Wildman–Crippen MR) is 61.5 cm³/mol. The van der Waals surface area contributed by atoms with Crippen molar-refractivity contribution in [3.8, 4) is 5.95 Å². The molecule has 0 atom stereocenters. The average Bonchev–Trinajstić information content (AvgIpc) is 2.68. The lowest BCUT2D eigenvalue weighted by Crippen LogP contribution is -2.02. The van der Waals surface area contributed by atoms with Crippen LogP contribution in [0.1, 0.15) is 5.69 Å². The van der Waals surface area contributed by atoms with Gasteiger partial charge in [0.15, 0.2) is 5.69 Å². The van der Waals surface area contributed by atoms with Gasteiger partial charge < -0.3 is 4.74 Å². The summed E-state index contributed by atoms with van der Waals surface area (Å²) in [5, 5.41) is 14.8. The molecule has 0 amide bonds. The van der Waals surface area contributed by atoms with Crippen molar-refractivity contribution in [1.82, 2.24) is 19.7 Å². The Balaban J connectivity index is 2.57. The summed E-state index contributed by atoms with van der Waals surface area (Å²) in [6.45, 7) is -0.0180. The van der Waals surface area contributed by atoms with Crippen molar-refractivity contribution in [1.29, 1.82) is 0 Å². The highest BCUT2D eigenvalue weighted by Gasteiger charge is 2.27. The number of halogens is 1. The summed E-state index contributed by atoms with van der Waals surface area (Å²) in [5.74, 6) is 0.160. The monoisotopic (exact) mass is 269 g/mol. The summed E-state index contributed by atoms with van der Waals surface area (Å²) < 4.78 is 5.95. The molecule has 2 heterocycles. The minimum atomic E-state index is -0.608. The summed E-state index contributed by atoms with van der Waals surface area (Å²) in [5.41, 5.74) is -0.175. The van der Waals surface area contributed by atoms with Gasteiger partial charge in [0.2, 0.25) is 5.15 Å². The number of rotatable bonds is 4. The summed E-state index contributed by atoms with van der Waals surface area (Å²) >= 11 is 5.92. The fourth-order valence-electron chi connectivity index (χ4n) is 1.38. The third-order valence-corrected chi connectivity index (χ3v) is 2.42. The molecule has 0 fully saturated rings. The van der Waals surface area contributed by atoms with E-state index in [4.69, 9.17) is 16.3 Å². The lowest BCUT2D eigenvalue weighted by Gasteiger charge is -1.97. The van der Waals surface area contributed by atoms with Gasteiger partial charge in [-0.25, -0.2) is 9.97 Å². The van der Waals surface area contributed by atoms with Crippen LogP contribution in [0.3, 0.4) is 0 Å². The quantitative estimate of drug-likeness (QED) is 0.614. The summed E-state index contributed by atoms with van der Waals surface area (Å²) in [4.78, 5) is 18.2. The molecule has 0 radical (unpaired) electrons. The number of nitro groups is 1. The van der Waals surface area contributed by atoms with E-state index in [2.05, 4.69) is 15.1 Å². The van der Waals surface area contributed by atoms with Crippen molar-refractivity contribution >= 4 is 17.3 Å². The highest BCUT2D eigenvalue weighted by molar-refractivity contribution is 6.32. The van der Waals surface area contributed by atoms with E-state index in [1.165, 1.54) is 19.5 Å². The van der Waals surface area contributed by atoms with E-state index < -0.39 is 4.92 Å². The van der Waals surface area contributed by atoms with Crippen molar-refractivity contribution in [2.75, 3.05) is 7.11 Å². The summed E-state index contributed by atoms with van der Waals surface area (Å²) in [6.07, 6.45) is 2.98.